The predicted molar refractivity (Wildman–Crippen MR) is 130 cm³/mol. The first kappa shape index (κ1) is 22.5. The summed E-state index contributed by atoms with van der Waals surface area (Å²) in [6.45, 7) is 2.27. The normalized spacial score (nSPS) is 11.7. The zero-order valence-corrected chi connectivity index (χ0v) is 19.3. The Morgan fingerprint density at radius 1 is 1.03 bits per heavy atom. The van der Waals surface area contributed by atoms with Crippen LogP contribution in [0, 0.1) is 0 Å². The minimum atomic E-state index is -0.197. The summed E-state index contributed by atoms with van der Waals surface area (Å²) < 4.78 is 6.80. The topological polar surface area (TPSA) is 71.5 Å². The highest BCUT2D eigenvalue weighted by atomic mass is 32.1. The number of thiazole rings is 1. The van der Waals surface area contributed by atoms with Gasteiger partial charge in [-0.3, -0.25) is 9.59 Å². The average Bonchev–Trinajstić information content (AvgIpc) is 3.30. The van der Waals surface area contributed by atoms with Gasteiger partial charge in [-0.1, -0.05) is 48.5 Å². The number of para-hydroxylation sites is 1. The quantitative estimate of drug-likeness (QED) is 0.410. The lowest BCUT2D eigenvalue weighted by Crippen LogP contribution is -2.33. The van der Waals surface area contributed by atoms with E-state index in [9.17, 15) is 9.59 Å². The van der Waals surface area contributed by atoms with Crippen LogP contribution < -0.4 is 10.1 Å². The van der Waals surface area contributed by atoms with E-state index in [-0.39, 0.29) is 24.5 Å². The monoisotopic (exact) mass is 459 g/mol. The summed E-state index contributed by atoms with van der Waals surface area (Å²) in [4.78, 5) is 31.5. The zero-order valence-electron chi connectivity index (χ0n) is 18.5. The summed E-state index contributed by atoms with van der Waals surface area (Å²) in [5.41, 5.74) is 2.44. The van der Waals surface area contributed by atoms with Gasteiger partial charge in [0.25, 0.3) is 11.8 Å². The number of benzene rings is 3. The van der Waals surface area contributed by atoms with Gasteiger partial charge in [0.2, 0.25) is 0 Å². The molecule has 0 saturated heterocycles. The van der Waals surface area contributed by atoms with Crippen molar-refractivity contribution in [2.45, 2.75) is 19.5 Å². The maximum absolute atomic E-state index is 12.7. The van der Waals surface area contributed by atoms with Crippen LogP contribution in [0.25, 0.3) is 10.2 Å². The number of carbonyl (C=O) groups excluding carboxylic acids is 2. The maximum Gasteiger partial charge on any atom is 0.260 e. The number of carbonyl (C=O) groups is 2. The van der Waals surface area contributed by atoms with Crippen LogP contribution in [-0.2, 0) is 11.3 Å². The van der Waals surface area contributed by atoms with E-state index >= 15 is 0 Å². The van der Waals surface area contributed by atoms with E-state index in [1.54, 1.807) is 47.5 Å². The highest BCUT2D eigenvalue weighted by Gasteiger charge is 2.21. The second-order valence-electron chi connectivity index (χ2n) is 7.69. The van der Waals surface area contributed by atoms with E-state index in [4.69, 9.17) is 4.74 Å². The molecule has 0 radical (unpaired) electrons. The summed E-state index contributed by atoms with van der Waals surface area (Å²) in [5, 5.41) is 3.77. The zero-order chi connectivity index (χ0) is 23.2. The minimum Gasteiger partial charge on any atom is -0.484 e. The van der Waals surface area contributed by atoms with E-state index < -0.39 is 0 Å². The molecule has 4 rings (SSSR count). The molecular weight excluding hydrogens is 434 g/mol. The van der Waals surface area contributed by atoms with Crippen LogP contribution in [0.2, 0.25) is 0 Å². The van der Waals surface area contributed by atoms with Crippen LogP contribution in [0.1, 0.15) is 33.9 Å². The van der Waals surface area contributed by atoms with E-state index in [0.717, 1.165) is 20.8 Å². The molecule has 0 bridgehead atoms. The largest absolute Gasteiger partial charge is 0.484 e. The van der Waals surface area contributed by atoms with Gasteiger partial charge in [-0.2, -0.15) is 0 Å². The van der Waals surface area contributed by atoms with Gasteiger partial charge in [-0.25, -0.2) is 4.98 Å². The van der Waals surface area contributed by atoms with Gasteiger partial charge >= 0.3 is 0 Å². The molecule has 7 heteroatoms. The molecule has 33 heavy (non-hydrogen) atoms. The van der Waals surface area contributed by atoms with Crippen molar-refractivity contribution in [3.8, 4) is 5.75 Å². The first-order valence-electron chi connectivity index (χ1n) is 10.7. The fraction of sp³-hybridized carbons (Fsp3) is 0.192. The summed E-state index contributed by atoms with van der Waals surface area (Å²) >= 11 is 1.58. The second-order valence-corrected chi connectivity index (χ2v) is 8.75. The van der Waals surface area contributed by atoms with Crippen LogP contribution in [0.15, 0.2) is 78.9 Å². The third kappa shape index (κ3) is 5.56. The SMILES string of the molecule is CC(c1nc2ccccc2s1)N(C)C(=O)COc1cccc(C(=O)NCc2ccccc2)c1. The lowest BCUT2D eigenvalue weighted by atomic mass is 10.2. The number of nitrogens with zero attached hydrogens (tertiary/aromatic N) is 2. The molecule has 1 aromatic heterocycles. The summed E-state index contributed by atoms with van der Waals surface area (Å²) in [7, 11) is 1.75. The van der Waals surface area contributed by atoms with Crippen molar-refractivity contribution < 1.29 is 14.3 Å². The molecule has 168 valence electrons. The van der Waals surface area contributed by atoms with Crippen LogP contribution in [0.4, 0.5) is 0 Å². The molecule has 4 aromatic rings. The number of nitrogens with one attached hydrogen (secondary N) is 1. The first-order chi connectivity index (χ1) is 16.0. The molecule has 0 aliphatic rings. The molecule has 3 aromatic carbocycles. The van der Waals surface area contributed by atoms with E-state index in [2.05, 4.69) is 10.3 Å². The number of ether oxygens (including phenoxy) is 1. The number of rotatable bonds is 8. The summed E-state index contributed by atoms with van der Waals surface area (Å²) in [6, 6.07) is 24.3. The standard InChI is InChI=1S/C26H25N3O3S/c1-18(26-28-22-13-6-7-14-23(22)33-26)29(2)24(30)17-32-21-12-8-11-20(15-21)25(31)27-16-19-9-4-3-5-10-19/h3-15,18H,16-17H2,1-2H3,(H,27,31). The Morgan fingerprint density at radius 3 is 2.58 bits per heavy atom. The molecule has 1 heterocycles. The predicted octanol–water partition coefficient (Wildman–Crippen LogP) is 4.82. The van der Waals surface area contributed by atoms with Gasteiger partial charge in [0.05, 0.1) is 16.3 Å². The number of fused-ring (bicyclic) bond motifs is 1. The summed E-state index contributed by atoms with van der Waals surface area (Å²) in [6.07, 6.45) is 0. The maximum atomic E-state index is 12.7. The first-order valence-corrected chi connectivity index (χ1v) is 11.5. The number of amides is 2. The van der Waals surface area contributed by atoms with Gasteiger partial charge in [-0.05, 0) is 42.8 Å². The molecule has 0 spiro atoms. The molecule has 1 atom stereocenters. The average molecular weight is 460 g/mol. The number of hydrogen-bond acceptors (Lipinski definition) is 5. The minimum absolute atomic E-state index is 0.124. The number of likely N-dealkylation sites (N-methyl/N-ethyl adjacent to an activating group) is 1. The highest BCUT2D eigenvalue weighted by molar-refractivity contribution is 7.18. The highest BCUT2D eigenvalue weighted by Crippen LogP contribution is 2.28. The Balaban J connectivity index is 1.33. The molecule has 1 unspecified atom stereocenters. The molecule has 1 N–H and O–H groups in total. The smallest absolute Gasteiger partial charge is 0.260 e. The second kappa shape index (κ2) is 10.3. The third-order valence-corrected chi connectivity index (χ3v) is 6.60. The van der Waals surface area contributed by atoms with Crippen molar-refractivity contribution >= 4 is 33.4 Å². The van der Waals surface area contributed by atoms with E-state index in [0.29, 0.717) is 17.9 Å². The van der Waals surface area contributed by atoms with Crippen molar-refractivity contribution in [2.24, 2.45) is 0 Å². The molecule has 0 fully saturated rings. The van der Waals surface area contributed by atoms with Gasteiger partial charge in [-0.15, -0.1) is 11.3 Å². The Kier molecular flexibility index (Phi) is 7.00. The van der Waals surface area contributed by atoms with Crippen molar-refractivity contribution in [3.05, 3.63) is 95.0 Å². The van der Waals surface area contributed by atoms with Crippen molar-refractivity contribution in [1.82, 2.24) is 15.2 Å². The Hall–Kier alpha value is -3.71. The van der Waals surface area contributed by atoms with Crippen LogP contribution >= 0.6 is 11.3 Å². The molecular formula is C26H25N3O3S. The van der Waals surface area contributed by atoms with Gasteiger partial charge < -0.3 is 15.0 Å². The molecule has 0 aliphatic heterocycles. The van der Waals surface area contributed by atoms with Crippen LogP contribution in [-0.4, -0.2) is 35.4 Å². The number of aromatic nitrogens is 1. The molecule has 0 aliphatic carbocycles. The summed E-state index contributed by atoms with van der Waals surface area (Å²) in [5.74, 6) is 0.106. The van der Waals surface area contributed by atoms with Gasteiger partial charge in [0.15, 0.2) is 6.61 Å². The van der Waals surface area contributed by atoms with Crippen molar-refractivity contribution in [1.29, 1.82) is 0 Å². The van der Waals surface area contributed by atoms with E-state index in [1.807, 2.05) is 61.5 Å². The van der Waals surface area contributed by atoms with Gasteiger partial charge in [0, 0.05) is 19.2 Å². The molecule has 2 amide bonds. The van der Waals surface area contributed by atoms with Crippen molar-refractivity contribution in [3.63, 3.8) is 0 Å². The van der Waals surface area contributed by atoms with Gasteiger partial charge in [0.1, 0.15) is 10.8 Å². The van der Waals surface area contributed by atoms with E-state index in [1.165, 1.54) is 0 Å². The Labute approximate surface area is 196 Å². The van der Waals surface area contributed by atoms with Crippen LogP contribution in [0.5, 0.6) is 5.75 Å². The number of hydrogen-bond donors (Lipinski definition) is 1. The fourth-order valence-electron chi connectivity index (χ4n) is 3.30. The van der Waals surface area contributed by atoms with Crippen molar-refractivity contribution in [2.75, 3.05) is 13.7 Å². The third-order valence-electron chi connectivity index (χ3n) is 5.40. The van der Waals surface area contributed by atoms with Crippen LogP contribution in [0.3, 0.4) is 0 Å². The Morgan fingerprint density at radius 2 is 1.79 bits per heavy atom. The molecule has 0 saturated carbocycles. The lowest BCUT2D eigenvalue weighted by Gasteiger charge is -2.23. The Bertz CT molecular complexity index is 1220. The lowest BCUT2D eigenvalue weighted by molar-refractivity contribution is -0.134. The fourth-order valence-corrected chi connectivity index (χ4v) is 4.37. The molecule has 6 nitrogen and oxygen atoms in total.